The van der Waals surface area contributed by atoms with E-state index in [0.717, 1.165) is 17.7 Å². The Balaban J connectivity index is 1.84. The molecule has 0 aliphatic carbocycles. The van der Waals surface area contributed by atoms with Crippen LogP contribution in [0.4, 0.5) is 0 Å². The molecule has 3 rings (SSSR count). The molecule has 3 aromatic carbocycles. The molecule has 0 spiro atoms. The summed E-state index contributed by atoms with van der Waals surface area (Å²) in [5.74, 6) is 1.79. The van der Waals surface area contributed by atoms with Crippen LogP contribution in [0.1, 0.15) is 11.1 Å². The molecule has 0 radical (unpaired) electrons. The lowest BCUT2D eigenvalue weighted by atomic mass is 10.2. The predicted octanol–water partition coefficient (Wildman–Crippen LogP) is 5.31. The van der Waals surface area contributed by atoms with E-state index in [1.54, 1.807) is 7.11 Å². The molecule has 24 heavy (non-hydrogen) atoms. The fourth-order valence-electron chi connectivity index (χ4n) is 2.39. The second kappa shape index (κ2) is 7.99. The molecular weight excluding hydrogens is 315 g/mol. The first-order valence-electron chi connectivity index (χ1n) is 7.95. The molecule has 0 bridgehead atoms. The monoisotopic (exact) mass is 336 g/mol. The summed E-state index contributed by atoms with van der Waals surface area (Å²) in [5.41, 5.74) is 2.51. The van der Waals surface area contributed by atoms with Gasteiger partial charge in [-0.2, -0.15) is 0 Å². The Hall–Kier alpha value is -2.31. The van der Waals surface area contributed by atoms with Crippen molar-refractivity contribution in [1.29, 1.82) is 0 Å². The van der Waals surface area contributed by atoms with Crippen molar-refractivity contribution in [3.8, 4) is 11.5 Å². The summed E-state index contributed by atoms with van der Waals surface area (Å²) < 4.78 is 11.6. The van der Waals surface area contributed by atoms with Crippen molar-refractivity contribution in [2.75, 3.05) is 7.11 Å². The van der Waals surface area contributed by atoms with Gasteiger partial charge in [-0.15, -0.1) is 0 Å². The Morgan fingerprint density at radius 3 is 2.04 bits per heavy atom. The first-order chi connectivity index (χ1) is 11.7. The highest BCUT2D eigenvalue weighted by molar-refractivity contribution is 7.60. The maximum absolute atomic E-state index is 6.33. The maximum atomic E-state index is 6.33. The number of rotatable bonds is 6. The molecule has 0 heterocycles. The van der Waals surface area contributed by atoms with Crippen LogP contribution in [0.3, 0.4) is 0 Å². The van der Waals surface area contributed by atoms with Crippen molar-refractivity contribution >= 4 is 13.5 Å². The molecule has 0 aliphatic heterocycles. The van der Waals surface area contributed by atoms with Crippen molar-refractivity contribution in [1.82, 2.24) is 0 Å². The SMILES string of the molecule is COc1ccc(CP(Oc2ccccc2)c2ccc(C)cc2)cc1. The summed E-state index contributed by atoms with van der Waals surface area (Å²) in [6.45, 7) is 2.10. The van der Waals surface area contributed by atoms with E-state index >= 15 is 0 Å². The maximum Gasteiger partial charge on any atom is 0.123 e. The van der Waals surface area contributed by atoms with Gasteiger partial charge in [-0.3, -0.25) is 0 Å². The molecule has 0 amide bonds. The minimum atomic E-state index is -0.775. The minimum absolute atomic E-state index is 0.775. The third-order valence-electron chi connectivity index (χ3n) is 3.77. The Morgan fingerprint density at radius 2 is 1.42 bits per heavy atom. The van der Waals surface area contributed by atoms with Crippen LogP contribution in [-0.2, 0) is 6.16 Å². The molecule has 1 atom stereocenters. The number of methoxy groups -OCH3 is 1. The van der Waals surface area contributed by atoms with E-state index in [1.165, 1.54) is 16.4 Å². The number of hydrogen-bond acceptors (Lipinski definition) is 2. The van der Waals surface area contributed by atoms with Gasteiger partial charge in [-0.05, 0) is 36.8 Å². The van der Waals surface area contributed by atoms with Crippen LogP contribution in [-0.4, -0.2) is 7.11 Å². The Morgan fingerprint density at radius 1 is 0.750 bits per heavy atom. The van der Waals surface area contributed by atoms with Crippen molar-refractivity contribution in [3.63, 3.8) is 0 Å². The third kappa shape index (κ3) is 4.37. The van der Waals surface area contributed by atoms with Crippen LogP contribution >= 0.6 is 8.15 Å². The first-order valence-corrected chi connectivity index (χ1v) is 9.39. The summed E-state index contributed by atoms with van der Waals surface area (Å²) in [5, 5.41) is 1.25. The lowest BCUT2D eigenvalue weighted by Crippen LogP contribution is -2.07. The third-order valence-corrected chi connectivity index (χ3v) is 5.72. The molecule has 0 N–H and O–H groups in total. The second-order valence-electron chi connectivity index (χ2n) is 5.62. The smallest absolute Gasteiger partial charge is 0.123 e. The molecule has 0 saturated carbocycles. The summed E-state index contributed by atoms with van der Waals surface area (Å²) >= 11 is 0. The molecule has 0 aromatic heterocycles. The van der Waals surface area contributed by atoms with Crippen molar-refractivity contribution < 1.29 is 9.26 Å². The summed E-state index contributed by atoms with van der Waals surface area (Å²) in [6, 6.07) is 26.9. The molecule has 0 aliphatic rings. The van der Waals surface area contributed by atoms with Gasteiger partial charge in [0.2, 0.25) is 0 Å². The minimum Gasteiger partial charge on any atom is -0.497 e. The van der Waals surface area contributed by atoms with Crippen molar-refractivity contribution in [2.24, 2.45) is 0 Å². The van der Waals surface area contributed by atoms with Gasteiger partial charge >= 0.3 is 0 Å². The van der Waals surface area contributed by atoms with Crippen LogP contribution in [0.25, 0.3) is 0 Å². The molecule has 1 unspecified atom stereocenters. The van der Waals surface area contributed by atoms with Gasteiger partial charge in [0.15, 0.2) is 0 Å². The van der Waals surface area contributed by atoms with E-state index in [-0.39, 0.29) is 0 Å². The zero-order chi connectivity index (χ0) is 16.8. The zero-order valence-corrected chi connectivity index (χ0v) is 14.9. The van der Waals surface area contributed by atoms with Crippen LogP contribution in [0, 0.1) is 6.92 Å². The van der Waals surface area contributed by atoms with Crippen molar-refractivity contribution in [3.05, 3.63) is 90.0 Å². The number of para-hydroxylation sites is 1. The molecule has 0 saturated heterocycles. The van der Waals surface area contributed by atoms with E-state index in [4.69, 9.17) is 9.26 Å². The highest BCUT2D eigenvalue weighted by Gasteiger charge is 2.15. The standard InChI is InChI=1S/C21H21O2P/c1-17-8-14-21(15-9-17)24(23-20-6-4-3-5-7-20)16-18-10-12-19(22-2)13-11-18/h3-15H,16H2,1-2H3. The normalized spacial score (nSPS) is 11.8. The van der Waals surface area contributed by atoms with E-state index in [9.17, 15) is 0 Å². The molecule has 3 aromatic rings. The number of benzene rings is 3. The van der Waals surface area contributed by atoms with Crippen LogP contribution in [0.2, 0.25) is 0 Å². The van der Waals surface area contributed by atoms with Crippen molar-refractivity contribution in [2.45, 2.75) is 13.1 Å². The van der Waals surface area contributed by atoms with Gasteiger partial charge in [0, 0.05) is 11.5 Å². The quantitative estimate of drug-likeness (QED) is 0.568. The van der Waals surface area contributed by atoms with E-state index in [0.29, 0.717) is 0 Å². The van der Waals surface area contributed by atoms with Gasteiger partial charge < -0.3 is 9.26 Å². The second-order valence-corrected chi connectivity index (χ2v) is 7.40. The van der Waals surface area contributed by atoms with Crippen LogP contribution in [0.15, 0.2) is 78.9 Å². The van der Waals surface area contributed by atoms with Gasteiger partial charge in [0.05, 0.1) is 7.11 Å². The molecule has 2 nitrogen and oxygen atoms in total. The van der Waals surface area contributed by atoms with E-state index < -0.39 is 8.15 Å². The van der Waals surface area contributed by atoms with Gasteiger partial charge in [0.1, 0.15) is 19.6 Å². The fraction of sp³-hybridized carbons (Fsp3) is 0.143. The van der Waals surface area contributed by atoms with Gasteiger partial charge in [0.25, 0.3) is 0 Å². The highest BCUT2D eigenvalue weighted by Crippen LogP contribution is 2.41. The summed E-state index contributed by atoms with van der Waals surface area (Å²) in [4.78, 5) is 0. The lowest BCUT2D eigenvalue weighted by molar-refractivity contribution is 0.414. The average Bonchev–Trinajstić information content (AvgIpc) is 2.63. The summed E-state index contributed by atoms with van der Waals surface area (Å²) in [6.07, 6.45) is 0.872. The molecule has 0 fully saturated rings. The number of aryl methyl sites for hydroxylation is 1. The molecular formula is C21H21O2P. The zero-order valence-electron chi connectivity index (χ0n) is 14.0. The van der Waals surface area contributed by atoms with E-state index in [2.05, 4.69) is 43.3 Å². The summed E-state index contributed by atoms with van der Waals surface area (Å²) in [7, 11) is 0.912. The Bertz CT molecular complexity index is 752. The first kappa shape index (κ1) is 16.5. The average molecular weight is 336 g/mol. The number of ether oxygens (including phenoxy) is 1. The Kier molecular flexibility index (Phi) is 5.51. The van der Waals surface area contributed by atoms with Crippen LogP contribution in [0.5, 0.6) is 11.5 Å². The molecule has 122 valence electrons. The largest absolute Gasteiger partial charge is 0.497 e. The lowest BCUT2D eigenvalue weighted by Gasteiger charge is -2.19. The molecule has 3 heteroatoms. The van der Waals surface area contributed by atoms with Gasteiger partial charge in [-0.1, -0.05) is 60.2 Å². The topological polar surface area (TPSA) is 18.5 Å². The predicted molar refractivity (Wildman–Crippen MR) is 102 cm³/mol. The van der Waals surface area contributed by atoms with E-state index in [1.807, 2.05) is 42.5 Å². The van der Waals surface area contributed by atoms with Crippen LogP contribution < -0.4 is 14.6 Å². The number of hydrogen-bond donors (Lipinski definition) is 0. The fourth-order valence-corrected chi connectivity index (χ4v) is 4.15. The highest BCUT2D eigenvalue weighted by atomic mass is 31.1. The Labute approximate surface area is 144 Å². The van der Waals surface area contributed by atoms with Gasteiger partial charge in [-0.25, -0.2) is 0 Å².